The van der Waals surface area contributed by atoms with Crippen molar-refractivity contribution in [2.75, 3.05) is 19.4 Å². The van der Waals surface area contributed by atoms with Gasteiger partial charge in [0.2, 0.25) is 5.09 Å². The summed E-state index contributed by atoms with van der Waals surface area (Å²) in [7, 11) is -1.08. The molecule has 162 valence electrons. The normalized spacial score (nSPS) is 11.4. The van der Waals surface area contributed by atoms with Gasteiger partial charge in [-0.1, -0.05) is 18.2 Å². The molecule has 0 unspecified atom stereocenters. The van der Waals surface area contributed by atoms with Crippen LogP contribution in [0.15, 0.2) is 70.2 Å². The van der Waals surface area contributed by atoms with Crippen LogP contribution >= 0.6 is 0 Å². The summed E-state index contributed by atoms with van der Waals surface area (Å²) in [5.74, 6) is -1.62. The molecule has 3 aromatic rings. The number of nitrogens with zero attached hydrogens (tertiary/aromatic N) is 1. The molecule has 0 bridgehead atoms. The zero-order valence-corrected chi connectivity index (χ0v) is 17.6. The van der Waals surface area contributed by atoms with Crippen LogP contribution in [-0.4, -0.2) is 38.6 Å². The van der Waals surface area contributed by atoms with E-state index in [0.717, 1.165) is 4.31 Å². The van der Waals surface area contributed by atoms with Crippen LogP contribution in [0.1, 0.15) is 26.5 Å². The van der Waals surface area contributed by atoms with Gasteiger partial charge in [0.1, 0.15) is 5.82 Å². The van der Waals surface area contributed by atoms with E-state index in [1.807, 2.05) is 0 Å². The minimum absolute atomic E-state index is 0.0423. The number of nitrogens with one attached hydrogen (secondary N) is 2. The second kappa shape index (κ2) is 9.11. The van der Waals surface area contributed by atoms with E-state index in [-0.39, 0.29) is 17.4 Å². The molecule has 0 aliphatic carbocycles. The number of anilines is 1. The van der Waals surface area contributed by atoms with Crippen molar-refractivity contribution in [3.05, 3.63) is 83.4 Å². The Morgan fingerprint density at radius 3 is 2.29 bits per heavy atom. The number of carbonyl (C=O) groups is 2. The first-order valence-electron chi connectivity index (χ1n) is 9.14. The lowest BCUT2D eigenvalue weighted by Gasteiger charge is -2.08. The van der Waals surface area contributed by atoms with Gasteiger partial charge in [0.05, 0.1) is 0 Å². The Balaban J connectivity index is 1.61. The maximum Gasteiger partial charge on any atom is 0.291 e. The number of hydrogen-bond acceptors (Lipinski definition) is 5. The summed E-state index contributed by atoms with van der Waals surface area (Å²) in [6, 6.07) is 14.6. The van der Waals surface area contributed by atoms with E-state index in [0.29, 0.717) is 16.8 Å². The van der Waals surface area contributed by atoms with E-state index in [4.69, 9.17) is 4.42 Å². The lowest BCUT2D eigenvalue weighted by Crippen LogP contribution is -2.23. The molecule has 2 aromatic carbocycles. The number of benzene rings is 2. The maximum absolute atomic E-state index is 13.6. The Morgan fingerprint density at radius 1 is 0.968 bits per heavy atom. The first-order valence-corrected chi connectivity index (χ1v) is 10.6. The van der Waals surface area contributed by atoms with Crippen LogP contribution < -0.4 is 10.6 Å². The number of sulfonamides is 1. The van der Waals surface area contributed by atoms with E-state index >= 15 is 0 Å². The molecular weight excluding hydrogens is 425 g/mol. The number of furan rings is 1. The maximum atomic E-state index is 13.6. The Labute approximate surface area is 178 Å². The third kappa shape index (κ3) is 5.16. The summed E-state index contributed by atoms with van der Waals surface area (Å²) in [5, 5.41) is 4.84. The van der Waals surface area contributed by atoms with Crippen molar-refractivity contribution >= 4 is 27.5 Å². The molecule has 0 aliphatic heterocycles. The minimum atomic E-state index is -3.79. The molecule has 2 N–H and O–H groups in total. The molecule has 0 spiro atoms. The molecule has 1 heterocycles. The topological polar surface area (TPSA) is 109 Å². The van der Waals surface area contributed by atoms with Gasteiger partial charge in [0.15, 0.2) is 5.76 Å². The Bertz CT molecular complexity index is 1200. The highest BCUT2D eigenvalue weighted by Gasteiger charge is 2.23. The molecule has 0 aliphatic rings. The number of amides is 2. The van der Waals surface area contributed by atoms with E-state index in [9.17, 15) is 22.4 Å². The quantitative estimate of drug-likeness (QED) is 0.581. The second-order valence-electron chi connectivity index (χ2n) is 6.71. The van der Waals surface area contributed by atoms with E-state index in [1.54, 1.807) is 18.2 Å². The van der Waals surface area contributed by atoms with Gasteiger partial charge < -0.3 is 15.1 Å². The van der Waals surface area contributed by atoms with Gasteiger partial charge in [-0.2, -0.15) is 0 Å². The SMILES string of the molecule is CN(C)S(=O)(=O)c1ccc(C(=O)Nc2ccc(C(=O)NCc3ccccc3F)cc2)o1. The number of halogens is 1. The molecule has 0 fully saturated rings. The van der Waals surface area contributed by atoms with Crippen molar-refractivity contribution < 1.29 is 26.8 Å². The number of hydrogen-bond donors (Lipinski definition) is 2. The van der Waals surface area contributed by atoms with E-state index in [2.05, 4.69) is 10.6 Å². The highest BCUT2D eigenvalue weighted by atomic mass is 32.2. The second-order valence-corrected chi connectivity index (χ2v) is 8.79. The summed E-state index contributed by atoms with van der Waals surface area (Å²) < 4.78 is 43.8. The number of carbonyl (C=O) groups excluding carboxylic acids is 2. The lowest BCUT2D eigenvalue weighted by molar-refractivity contribution is 0.0949. The summed E-state index contributed by atoms with van der Waals surface area (Å²) >= 11 is 0. The van der Waals surface area contributed by atoms with Gasteiger partial charge in [-0.15, -0.1) is 0 Å². The van der Waals surface area contributed by atoms with Crippen LogP contribution in [0.3, 0.4) is 0 Å². The average Bonchev–Trinajstić information content (AvgIpc) is 3.25. The molecule has 0 atom stereocenters. The molecule has 2 amide bonds. The standard InChI is InChI=1S/C21H20FN3O5S/c1-25(2)31(28,29)19-12-11-18(30-19)21(27)24-16-9-7-14(8-10-16)20(26)23-13-15-5-3-4-6-17(15)22/h3-12H,13H2,1-2H3,(H,23,26)(H,24,27). The van der Waals surface area contributed by atoms with Crippen LogP contribution in [0.2, 0.25) is 0 Å². The van der Waals surface area contributed by atoms with Crippen molar-refractivity contribution in [3.63, 3.8) is 0 Å². The molecular formula is C21H20FN3O5S. The van der Waals surface area contributed by atoms with Crippen LogP contribution in [0.5, 0.6) is 0 Å². The van der Waals surface area contributed by atoms with Crippen LogP contribution in [0.4, 0.5) is 10.1 Å². The Morgan fingerprint density at radius 2 is 1.65 bits per heavy atom. The molecule has 3 rings (SSSR count). The largest absolute Gasteiger partial charge is 0.438 e. The van der Waals surface area contributed by atoms with Crippen molar-refractivity contribution in [1.82, 2.24) is 9.62 Å². The predicted octanol–water partition coefficient (Wildman–Crippen LogP) is 2.85. The van der Waals surface area contributed by atoms with Crippen LogP contribution in [0.25, 0.3) is 0 Å². The molecule has 0 saturated carbocycles. The fourth-order valence-corrected chi connectivity index (χ4v) is 3.37. The summed E-state index contributed by atoms with van der Waals surface area (Å²) in [6.07, 6.45) is 0. The zero-order chi connectivity index (χ0) is 22.6. The van der Waals surface area contributed by atoms with Crippen molar-refractivity contribution in [1.29, 1.82) is 0 Å². The number of rotatable bonds is 7. The minimum Gasteiger partial charge on any atom is -0.438 e. The van der Waals surface area contributed by atoms with Gasteiger partial charge in [0.25, 0.3) is 21.8 Å². The molecule has 8 nitrogen and oxygen atoms in total. The monoisotopic (exact) mass is 445 g/mol. The summed E-state index contributed by atoms with van der Waals surface area (Å²) in [4.78, 5) is 24.5. The zero-order valence-electron chi connectivity index (χ0n) is 16.8. The first kappa shape index (κ1) is 22.2. The highest BCUT2D eigenvalue weighted by molar-refractivity contribution is 7.88. The van der Waals surface area contributed by atoms with E-state index in [1.165, 1.54) is 56.6 Å². The summed E-state index contributed by atoms with van der Waals surface area (Å²) in [6.45, 7) is 0.0423. The average molecular weight is 445 g/mol. The van der Waals surface area contributed by atoms with Crippen molar-refractivity contribution in [2.24, 2.45) is 0 Å². The smallest absolute Gasteiger partial charge is 0.291 e. The Hall–Kier alpha value is -3.50. The van der Waals surface area contributed by atoms with Gasteiger partial charge in [-0.05, 0) is 42.5 Å². The Kier molecular flexibility index (Phi) is 6.52. The lowest BCUT2D eigenvalue weighted by atomic mass is 10.1. The first-order chi connectivity index (χ1) is 14.7. The molecule has 31 heavy (non-hydrogen) atoms. The van der Waals surface area contributed by atoms with Crippen LogP contribution in [0, 0.1) is 5.82 Å². The van der Waals surface area contributed by atoms with Crippen LogP contribution in [-0.2, 0) is 16.6 Å². The fraction of sp³-hybridized carbons (Fsp3) is 0.143. The fourth-order valence-electron chi connectivity index (χ4n) is 2.58. The van der Waals surface area contributed by atoms with E-state index < -0.39 is 27.7 Å². The molecule has 1 aromatic heterocycles. The highest BCUT2D eigenvalue weighted by Crippen LogP contribution is 2.18. The third-order valence-corrected chi connectivity index (χ3v) is 6.03. The van der Waals surface area contributed by atoms with Crippen molar-refractivity contribution in [2.45, 2.75) is 11.6 Å². The molecule has 0 radical (unpaired) electrons. The van der Waals surface area contributed by atoms with Gasteiger partial charge in [-0.3, -0.25) is 9.59 Å². The summed E-state index contributed by atoms with van der Waals surface area (Å²) in [5.41, 5.74) is 1.07. The van der Waals surface area contributed by atoms with Gasteiger partial charge in [0, 0.05) is 37.5 Å². The molecule has 0 saturated heterocycles. The van der Waals surface area contributed by atoms with Gasteiger partial charge in [-0.25, -0.2) is 17.1 Å². The molecule has 10 heteroatoms. The van der Waals surface area contributed by atoms with Gasteiger partial charge >= 0.3 is 0 Å². The predicted molar refractivity (Wildman–Crippen MR) is 112 cm³/mol. The third-order valence-electron chi connectivity index (χ3n) is 4.34. The van der Waals surface area contributed by atoms with Crippen molar-refractivity contribution in [3.8, 4) is 0 Å².